The summed E-state index contributed by atoms with van der Waals surface area (Å²) in [6, 6.07) is 10.4. The molecule has 0 saturated carbocycles. The second kappa shape index (κ2) is 25.8. The number of carbonyl (C=O) groups is 8. The van der Waals surface area contributed by atoms with Gasteiger partial charge in [-0.1, -0.05) is 44.5 Å². The normalized spacial score (nSPS) is 21.3. The lowest BCUT2D eigenvalue weighted by Gasteiger charge is -2.43. The monoisotopic (exact) mass is 1030 g/mol. The maximum Gasteiger partial charge on any atom is 0.253 e. The highest BCUT2D eigenvalue weighted by Crippen LogP contribution is 2.47. The molecule has 3 aromatic carbocycles. The number of imide groups is 1. The van der Waals surface area contributed by atoms with Gasteiger partial charge in [0.1, 0.15) is 23.3 Å². The van der Waals surface area contributed by atoms with E-state index in [0.717, 1.165) is 43.2 Å². The van der Waals surface area contributed by atoms with Crippen LogP contribution in [-0.2, 0) is 62.4 Å². The first-order valence-electron chi connectivity index (χ1n) is 24.7. The molecular weight excluding hydrogens is 961 g/mol. The topological polar surface area (TPSA) is 289 Å². The van der Waals surface area contributed by atoms with E-state index in [1.165, 1.54) is 32.6 Å². The van der Waals surface area contributed by atoms with E-state index in [1.807, 2.05) is 6.92 Å². The van der Waals surface area contributed by atoms with Crippen molar-refractivity contribution in [1.29, 1.82) is 0 Å². The molecule has 2 saturated heterocycles. The summed E-state index contributed by atoms with van der Waals surface area (Å²) in [7, 11) is 3.02. The Morgan fingerprint density at radius 3 is 2.19 bits per heavy atom. The highest BCUT2D eigenvalue weighted by molar-refractivity contribution is 6.31. The Balaban J connectivity index is 0.000000393. The minimum absolute atomic E-state index is 0.0176. The predicted octanol–water partition coefficient (Wildman–Crippen LogP) is 2.42. The first-order valence-corrected chi connectivity index (χ1v) is 24.7. The van der Waals surface area contributed by atoms with Crippen molar-refractivity contribution < 1.29 is 72.6 Å². The molecule has 0 bridgehead atoms. The molecule has 2 fully saturated rings. The number of phenolic OH excluding ortho intramolecular Hbond substituents is 2. The number of benzene rings is 3. The van der Waals surface area contributed by atoms with E-state index in [2.05, 4.69) is 40.0 Å². The molecule has 2 aliphatic carbocycles. The number of rotatable bonds is 14. The molecule has 21 heteroatoms. The summed E-state index contributed by atoms with van der Waals surface area (Å²) in [6.45, 7) is 10.2. The Labute approximate surface area is 428 Å². The number of hydrogen-bond acceptors (Lipinski definition) is 16. The van der Waals surface area contributed by atoms with Crippen molar-refractivity contribution in [2.45, 2.75) is 103 Å². The highest BCUT2D eigenvalue weighted by atomic mass is 16.7. The van der Waals surface area contributed by atoms with Crippen molar-refractivity contribution in [2.75, 3.05) is 58.9 Å². The molecule has 3 aromatic rings. The van der Waals surface area contributed by atoms with Crippen molar-refractivity contribution >= 4 is 52.7 Å². The van der Waals surface area contributed by atoms with E-state index < -0.39 is 71.5 Å². The minimum atomic E-state index is -0.959. The molecule has 6 atom stereocenters. The van der Waals surface area contributed by atoms with Crippen LogP contribution in [0.2, 0.25) is 0 Å². The first kappa shape index (κ1) is 56.3. The van der Waals surface area contributed by atoms with Gasteiger partial charge in [0.2, 0.25) is 29.4 Å². The summed E-state index contributed by atoms with van der Waals surface area (Å²) in [6.07, 6.45) is 4.04. The zero-order chi connectivity index (χ0) is 53.8. The Bertz CT molecular complexity index is 2620. The number of methoxy groups -OCH3 is 2. The largest absolute Gasteiger partial charge is 0.507 e. The smallest absolute Gasteiger partial charge is 0.253 e. The summed E-state index contributed by atoms with van der Waals surface area (Å²) in [5.74, 6) is -5.53. The minimum Gasteiger partial charge on any atom is -0.507 e. The second-order valence-corrected chi connectivity index (χ2v) is 18.4. The zero-order valence-corrected chi connectivity index (χ0v) is 42.5. The third kappa shape index (κ3) is 13.2. The first-order chi connectivity index (χ1) is 35.4. The number of aliphatic hydroxyl groups excluding tert-OH is 1. The SMILES string of the molecule is CCC.COC1CN(C2CCOC(C)[C@H]2O)CCO1.COc1cccc2c1C(=O)c1c(O)c3c(c(O)c1C2=O)CC(C(=O)NCc1ccc(NC(=O)C(C)NC(=O)CNC(=O)CCN2C(=O)C=CC2=O)cc1)CC3. The van der Waals surface area contributed by atoms with Gasteiger partial charge in [0.05, 0.1) is 49.2 Å². The van der Waals surface area contributed by atoms with Crippen molar-refractivity contribution in [3.63, 3.8) is 0 Å². The van der Waals surface area contributed by atoms with Gasteiger partial charge in [0.15, 0.2) is 12.1 Å². The van der Waals surface area contributed by atoms with Gasteiger partial charge >= 0.3 is 0 Å². The van der Waals surface area contributed by atoms with Gasteiger partial charge in [-0.05, 0) is 63.3 Å². The second-order valence-electron chi connectivity index (χ2n) is 18.4. The maximum absolute atomic E-state index is 13.5. The number of morpholine rings is 1. The van der Waals surface area contributed by atoms with Crippen LogP contribution in [0, 0.1) is 5.92 Å². The number of aliphatic hydroxyl groups is 1. The van der Waals surface area contributed by atoms with Crippen LogP contribution in [0.5, 0.6) is 17.2 Å². The summed E-state index contributed by atoms with van der Waals surface area (Å²) >= 11 is 0. The van der Waals surface area contributed by atoms with Gasteiger partial charge in [-0.25, -0.2) is 0 Å². The molecule has 5 aliphatic rings. The van der Waals surface area contributed by atoms with Crippen LogP contribution in [0.4, 0.5) is 5.69 Å². The molecule has 5 unspecified atom stereocenters. The Morgan fingerprint density at radius 2 is 1.51 bits per heavy atom. The average molecular weight is 1030 g/mol. The average Bonchev–Trinajstić information content (AvgIpc) is 3.73. The number of amides is 6. The lowest BCUT2D eigenvalue weighted by molar-refractivity contribution is -0.190. The molecule has 3 aliphatic heterocycles. The van der Waals surface area contributed by atoms with Crippen LogP contribution in [-0.4, -0.2) is 156 Å². The molecule has 0 spiro atoms. The molecule has 7 N–H and O–H groups in total. The molecule has 6 amide bonds. The summed E-state index contributed by atoms with van der Waals surface area (Å²) < 4.78 is 21.3. The van der Waals surface area contributed by atoms with Gasteiger partial charge in [-0.15, -0.1) is 0 Å². The van der Waals surface area contributed by atoms with E-state index in [-0.39, 0.29) is 96.0 Å². The van der Waals surface area contributed by atoms with E-state index in [9.17, 15) is 53.7 Å². The van der Waals surface area contributed by atoms with Crippen LogP contribution in [0.15, 0.2) is 54.6 Å². The van der Waals surface area contributed by atoms with Crippen LogP contribution in [0.1, 0.15) is 102 Å². The van der Waals surface area contributed by atoms with Crippen LogP contribution in [0.25, 0.3) is 0 Å². The molecule has 0 aromatic heterocycles. The van der Waals surface area contributed by atoms with Gasteiger partial charge in [0.25, 0.3) is 11.8 Å². The van der Waals surface area contributed by atoms with E-state index in [4.69, 9.17) is 18.9 Å². The molecule has 398 valence electrons. The number of anilines is 1. The van der Waals surface area contributed by atoms with Crippen molar-refractivity contribution in [1.82, 2.24) is 25.8 Å². The Hall–Kier alpha value is -7.04. The Kier molecular flexibility index (Phi) is 19.6. The molecular formula is C53H66N6O15. The lowest BCUT2D eigenvalue weighted by atomic mass is 9.75. The van der Waals surface area contributed by atoms with E-state index in [0.29, 0.717) is 29.8 Å². The van der Waals surface area contributed by atoms with E-state index >= 15 is 0 Å². The fourth-order valence-electron chi connectivity index (χ4n) is 9.25. The van der Waals surface area contributed by atoms with Crippen molar-refractivity contribution in [3.05, 3.63) is 93.6 Å². The zero-order valence-electron chi connectivity index (χ0n) is 42.5. The number of ether oxygens (including phenoxy) is 4. The highest BCUT2D eigenvalue weighted by Gasteiger charge is 2.41. The van der Waals surface area contributed by atoms with Gasteiger partial charge < -0.3 is 55.5 Å². The molecule has 21 nitrogen and oxygen atoms in total. The van der Waals surface area contributed by atoms with Gasteiger partial charge in [0, 0.05) is 92.8 Å². The summed E-state index contributed by atoms with van der Waals surface area (Å²) in [4.78, 5) is 104. The number of phenols is 2. The molecule has 3 heterocycles. The number of aromatic hydroxyl groups is 2. The quantitative estimate of drug-likeness (QED) is 0.0705. The fourth-order valence-corrected chi connectivity index (χ4v) is 9.25. The molecule has 8 rings (SSSR count). The maximum atomic E-state index is 13.5. The van der Waals surface area contributed by atoms with Gasteiger partial charge in [-0.3, -0.25) is 48.2 Å². The van der Waals surface area contributed by atoms with Crippen molar-refractivity contribution in [2.24, 2.45) is 5.92 Å². The molecule has 74 heavy (non-hydrogen) atoms. The number of nitrogens with one attached hydrogen (secondary N) is 4. The lowest BCUT2D eigenvalue weighted by Crippen LogP contribution is -2.57. The number of fused-ring (bicyclic) bond motifs is 3. The van der Waals surface area contributed by atoms with Crippen LogP contribution in [0.3, 0.4) is 0 Å². The number of hydrogen-bond donors (Lipinski definition) is 7. The van der Waals surface area contributed by atoms with E-state index in [1.54, 1.807) is 37.4 Å². The third-order valence-electron chi connectivity index (χ3n) is 13.2. The molecule has 0 radical (unpaired) electrons. The number of nitrogens with zero attached hydrogens (tertiary/aromatic N) is 2. The standard InChI is InChI=1S/C39H37N5O11.C11H21NO4.C3H8/c1-19(42-28(46)18-40-27(45)14-15-44-29(47)12-13-30(44)48)38(53)43-22-9-6-20(7-10-22)17-41-39(54)21-8-11-23-25(16-21)36(51)32-33(34(23)49)37(52)31-24(35(32)50)4-3-5-26(31)55-2;1-8-11(13)9(3-5-15-8)12-4-6-16-10(7-12)14-2;1-3-2/h3-7,9-10,12-13,19,21,49,51H,8,11,14-18H2,1-2H3,(H,40,45)(H,41,54)(H,42,46)(H,43,53);8-11,13H,3-7H2,1-2H3;3H2,1-2H3/t;8?,9?,10?,11-;/m.1./s1. The summed E-state index contributed by atoms with van der Waals surface area (Å²) in [5, 5.41) is 43.0. The van der Waals surface area contributed by atoms with Crippen LogP contribution < -0.4 is 26.0 Å². The van der Waals surface area contributed by atoms with Crippen LogP contribution >= 0.6 is 0 Å². The Morgan fingerprint density at radius 1 is 0.838 bits per heavy atom. The third-order valence-corrected chi connectivity index (χ3v) is 13.2. The number of ketones is 2. The number of carbonyl (C=O) groups excluding carboxylic acids is 8. The van der Waals surface area contributed by atoms with Crippen molar-refractivity contribution in [3.8, 4) is 17.2 Å². The predicted molar refractivity (Wildman–Crippen MR) is 267 cm³/mol. The van der Waals surface area contributed by atoms with Gasteiger partial charge in [-0.2, -0.15) is 0 Å². The fraction of sp³-hybridized carbons (Fsp3) is 0.472. The summed E-state index contributed by atoms with van der Waals surface area (Å²) in [5.41, 5.74) is 1.19.